The number of benzene rings is 1. The van der Waals surface area contributed by atoms with Gasteiger partial charge in [0.05, 0.1) is 4.92 Å². The number of hydrogen-bond donors (Lipinski definition) is 0. The van der Waals surface area contributed by atoms with Crippen LogP contribution in [0.25, 0.3) is 0 Å². The van der Waals surface area contributed by atoms with Gasteiger partial charge in [-0.2, -0.15) is 0 Å². The molecule has 0 saturated carbocycles. The molecular weight excluding hydrogens is 284 g/mol. The maximum atomic E-state index is 11.1. The van der Waals surface area contributed by atoms with Crippen LogP contribution in [0.1, 0.15) is 26.7 Å². The van der Waals surface area contributed by atoms with Gasteiger partial charge in [0.15, 0.2) is 0 Å². The number of rotatable bonds is 2. The molecule has 17 heavy (non-hydrogen) atoms. The fraction of sp³-hybridized carbons (Fsp3) is 0.500. The van der Waals surface area contributed by atoms with Gasteiger partial charge in [-0.05, 0) is 38.8 Å². The number of nitro groups is 1. The Kier molecular flexibility index (Phi) is 3.38. The topological polar surface area (TPSA) is 46.4 Å². The molecule has 1 fully saturated rings. The average molecular weight is 299 g/mol. The molecule has 0 N–H and O–H groups in total. The minimum atomic E-state index is -0.308. The number of hydrogen-bond acceptors (Lipinski definition) is 3. The Labute approximate surface area is 109 Å². The Balaban J connectivity index is 2.47. The van der Waals surface area contributed by atoms with E-state index < -0.39 is 0 Å². The molecule has 2 atom stereocenters. The molecule has 1 aromatic rings. The third-order valence-electron chi connectivity index (χ3n) is 3.36. The fourth-order valence-electron chi connectivity index (χ4n) is 2.53. The zero-order chi connectivity index (χ0) is 12.6. The van der Waals surface area contributed by atoms with Crippen molar-refractivity contribution in [3.05, 3.63) is 32.8 Å². The minimum Gasteiger partial charge on any atom is -0.361 e. The first-order chi connectivity index (χ1) is 8.00. The van der Waals surface area contributed by atoms with Crippen molar-refractivity contribution < 1.29 is 4.92 Å². The first-order valence-corrected chi connectivity index (χ1v) is 6.52. The van der Waals surface area contributed by atoms with Gasteiger partial charge in [0.1, 0.15) is 5.69 Å². The Bertz CT molecular complexity index is 440. The van der Waals surface area contributed by atoms with E-state index >= 15 is 0 Å². The molecule has 4 nitrogen and oxygen atoms in total. The van der Waals surface area contributed by atoms with E-state index in [4.69, 9.17) is 0 Å². The maximum Gasteiger partial charge on any atom is 0.293 e. The van der Waals surface area contributed by atoms with Crippen LogP contribution >= 0.6 is 15.9 Å². The molecule has 0 bridgehead atoms. The van der Waals surface area contributed by atoms with Crippen molar-refractivity contribution in [1.29, 1.82) is 0 Å². The molecule has 1 heterocycles. The summed E-state index contributed by atoms with van der Waals surface area (Å²) in [6, 6.07) is 6.00. The molecule has 0 aliphatic carbocycles. The van der Waals surface area contributed by atoms with Crippen molar-refractivity contribution in [3.63, 3.8) is 0 Å². The number of nitrogens with zero attached hydrogens (tertiary/aromatic N) is 2. The lowest BCUT2D eigenvalue weighted by atomic mass is 10.2. The average Bonchev–Trinajstić information content (AvgIpc) is 2.59. The summed E-state index contributed by atoms with van der Waals surface area (Å²) in [4.78, 5) is 13.0. The van der Waals surface area contributed by atoms with Crippen molar-refractivity contribution in [3.8, 4) is 0 Å². The van der Waals surface area contributed by atoms with Gasteiger partial charge in [0.25, 0.3) is 5.69 Å². The van der Waals surface area contributed by atoms with Gasteiger partial charge >= 0.3 is 0 Å². The second kappa shape index (κ2) is 4.64. The summed E-state index contributed by atoms with van der Waals surface area (Å²) < 4.78 is 0.743. The number of anilines is 1. The Morgan fingerprint density at radius 3 is 2.47 bits per heavy atom. The summed E-state index contributed by atoms with van der Waals surface area (Å²) in [5.41, 5.74) is 0.913. The molecule has 2 unspecified atom stereocenters. The van der Waals surface area contributed by atoms with Crippen molar-refractivity contribution >= 4 is 27.3 Å². The van der Waals surface area contributed by atoms with Gasteiger partial charge in [-0.3, -0.25) is 10.1 Å². The first kappa shape index (κ1) is 12.4. The van der Waals surface area contributed by atoms with Crippen LogP contribution in [-0.2, 0) is 0 Å². The van der Waals surface area contributed by atoms with Crippen molar-refractivity contribution in [1.82, 2.24) is 0 Å². The van der Waals surface area contributed by atoms with E-state index in [9.17, 15) is 10.1 Å². The summed E-state index contributed by atoms with van der Waals surface area (Å²) in [6.07, 6.45) is 2.18. The van der Waals surface area contributed by atoms with Crippen LogP contribution in [-0.4, -0.2) is 17.0 Å². The van der Waals surface area contributed by atoms with E-state index in [1.807, 2.05) is 12.1 Å². The summed E-state index contributed by atoms with van der Waals surface area (Å²) in [7, 11) is 0. The first-order valence-electron chi connectivity index (χ1n) is 5.73. The van der Waals surface area contributed by atoms with Gasteiger partial charge in [0.2, 0.25) is 0 Å². The van der Waals surface area contributed by atoms with Crippen LogP contribution in [0.3, 0.4) is 0 Å². The second-order valence-electron chi connectivity index (χ2n) is 4.57. The number of halogens is 1. The van der Waals surface area contributed by atoms with Crippen LogP contribution in [0.2, 0.25) is 0 Å². The molecule has 1 saturated heterocycles. The van der Waals surface area contributed by atoms with E-state index in [2.05, 4.69) is 34.7 Å². The van der Waals surface area contributed by atoms with E-state index in [0.29, 0.717) is 12.1 Å². The largest absolute Gasteiger partial charge is 0.361 e. The zero-order valence-corrected chi connectivity index (χ0v) is 11.5. The van der Waals surface area contributed by atoms with E-state index in [-0.39, 0.29) is 10.6 Å². The summed E-state index contributed by atoms with van der Waals surface area (Å²) >= 11 is 3.28. The van der Waals surface area contributed by atoms with Crippen LogP contribution in [0.4, 0.5) is 11.4 Å². The quantitative estimate of drug-likeness (QED) is 0.617. The monoisotopic (exact) mass is 298 g/mol. The third-order valence-corrected chi connectivity index (χ3v) is 3.86. The third kappa shape index (κ3) is 2.29. The normalized spacial score (nSPS) is 24.1. The molecule has 1 aromatic carbocycles. The van der Waals surface area contributed by atoms with Crippen LogP contribution in [0.5, 0.6) is 0 Å². The molecule has 92 valence electrons. The highest BCUT2D eigenvalue weighted by molar-refractivity contribution is 9.10. The Morgan fingerprint density at radius 2 is 1.94 bits per heavy atom. The second-order valence-corrected chi connectivity index (χ2v) is 5.49. The van der Waals surface area contributed by atoms with Crippen molar-refractivity contribution in [2.75, 3.05) is 4.90 Å². The lowest BCUT2D eigenvalue weighted by Gasteiger charge is -2.28. The van der Waals surface area contributed by atoms with E-state index in [1.165, 1.54) is 0 Å². The smallest absolute Gasteiger partial charge is 0.293 e. The summed E-state index contributed by atoms with van der Waals surface area (Å²) in [6.45, 7) is 4.24. The van der Waals surface area contributed by atoms with Crippen LogP contribution in [0, 0.1) is 10.1 Å². The highest BCUT2D eigenvalue weighted by atomic mass is 79.9. The van der Waals surface area contributed by atoms with Crippen LogP contribution < -0.4 is 4.90 Å². The SMILES string of the molecule is CC1CCC(C)N1c1ccc(Br)cc1[N+](=O)[O-]. The highest BCUT2D eigenvalue weighted by Gasteiger charge is 2.31. The van der Waals surface area contributed by atoms with Gasteiger partial charge in [-0.1, -0.05) is 15.9 Å². The predicted molar refractivity (Wildman–Crippen MR) is 71.4 cm³/mol. The Hall–Kier alpha value is -1.10. The molecule has 0 radical (unpaired) electrons. The predicted octanol–water partition coefficient (Wildman–Crippen LogP) is 3.73. The fourth-order valence-corrected chi connectivity index (χ4v) is 2.88. The Morgan fingerprint density at radius 1 is 1.35 bits per heavy atom. The van der Waals surface area contributed by atoms with E-state index in [0.717, 1.165) is 23.0 Å². The summed E-state index contributed by atoms with van der Waals surface area (Å²) in [5.74, 6) is 0. The van der Waals surface area contributed by atoms with Crippen LogP contribution in [0.15, 0.2) is 22.7 Å². The van der Waals surface area contributed by atoms with Gasteiger partial charge < -0.3 is 4.90 Å². The molecule has 0 amide bonds. The molecular formula is C12H15BrN2O2. The summed E-state index contributed by atoms with van der Waals surface area (Å²) in [5, 5.41) is 11.1. The molecule has 1 aliphatic heterocycles. The molecule has 0 aromatic heterocycles. The number of nitro benzene ring substituents is 1. The van der Waals surface area contributed by atoms with E-state index in [1.54, 1.807) is 6.07 Å². The van der Waals surface area contributed by atoms with Crippen molar-refractivity contribution in [2.45, 2.75) is 38.8 Å². The molecule has 5 heteroatoms. The molecule has 2 rings (SSSR count). The maximum absolute atomic E-state index is 11.1. The lowest BCUT2D eigenvalue weighted by Crippen LogP contribution is -2.33. The standard InChI is InChI=1S/C12H15BrN2O2/c1-8-3-4-9(2)14(8)11-6-5-10(13)7-12(11)15(16)17/h5-9H,3-4H2,1-2H3. The highest BCUT2D eigenvalue weighted by Crippen LogP contribution is 2.37. The molecule has 0 spiro atoms. The van der Waals surface area contributed by atoms with Gasteiger partial charge in [-0.15, -0.1) is 0 Å². The molecule has 1 aliphatic rings. The zero-order valence-electron chi connectivity index (χ0n) is 9.89. The lowest BCUT2D eigenvalue weighted by molar-refractivity contribution is -0.384. The minimum absolute atomic E-state index is 0.181. The van der Waals surface area contributed by atoms with Gasteiger partial charge in [-0.25, -0.2) is 0 Å². The van der Waals surface area contributed by atoms with Gasteiger partial charge in [0, 0.05) is 22.6 Å². The van der Waals surface area contributed by atoms with Crippen molar-refractivity contribution in [2.24, 2.45) is 0 Å².